The fourth-order valence-corrected chi connectivity index (χ4v) is 4.02. The summed E-state index contributed by atoms with van der Waals surface area (Å²) in [6.07, 6.45) is 14.2. The average molecular weight is 347 g/mol. The lowest BCUT2D eigenvalue weighted by atomic mass is 9.85. The first-order valence-corrected chi connectivity index (χ1v) is 10.7. The molecule has 1 unspecified atom stereocenters. The van der Waals surface area contributed by atoms with Gasteiger partial charge in [0.25, 0.3) is 0 Å². The topological polar surface area (TPSA) is 0 Å². The van der Waals surface area contributed by atoms with Gasteiger partial charge in [0.2, 0.25) is 0 Å². The molecular weight excluding hydrogens is 312 g/mol. The van der Waals surface area contributed by atoms with Gasteiger partial charge in [0.05, 0.1) is 0 Å². The van der Waals surface area contributed by atoms with Crippen molar-refractivity contribution in [2.24, 2.45) is 5.92 Å². The van der Waals surface area contributed by atoms with Crippen LogP contribution >= 0.6 is 0 Å². The highest BCUT2D eigenvalue weighted by molar-refractivity contribution is 5.71. The van der Waals surface area contributed by atoms with Crippen molar-refractivity contribution in [2.45, 2.75) is 71.6 Å². The first-order valence-electron chi connectivity index (χ1n) is 10.7. The SMILES string of the molecule is CCCCCCc1ccc(-c2ccc(C3=CCC(CC)CC3)cc2)cc1. The summed E-state index contributed by atoms with van der Waals surface area (Å²) in [5.41, 5.74) is 7.09. The van der Waals surface area contributed by atoms with E-state index in [1.165, 1.54) is 80.0 Å². The van der Waals surface area contributed by atoms with Gasteiger partial charge in [-0.2, -0.15) is 0 Å². The highest BCUT2D eigenvalue weighted by atomic mass is 14.2. The molecule has 1 aliphatic carbocycles. The highest BCUT2D eigenvalue weighted by Crippen LogP contribution is 2.32. The molecule has 2 aromatic carbocycles. The predicted molar refractivity (Wildman–Crippen MR) is 115 cm³/mol. The summed E-state index contributed by atoms with van der Waals surface area (Å²) in [7, 11) is 0. The Hall–Kier alpha value is -1.82. The van der Waals surface area contributed by atoms with Crippen molar-refractivity contribution in [3.63, 3.8) is 0 Å². The largest absolute Gasteiger partial charge is 0.0804 e. The van der Waals surface area contributed by atoms with E-state index in [-0.39, 0.29) is 0 Å². The van der Waals surface area contributed by atoms with E-state index in [2.05, 4.69) is 68.5 Å². The minimum absolute atomic E-state index is 0.901. The predicted octanol–water partition coefficient (Wildman–Crippen LogP) is 8.07. The standard InChI is InChI=1S/C26H34/c1-3-5-6-7-8-22-11-15-24(16-12-22)26-19-17-25(18-20-26)23-13-9-21(4-2)10-14-23/h11-13,15-21H,3-10,14H2,1-2H3. The van der Waals surface area contributed by atoms with E-state index >= 15 is 0 Å². The molecule has 0 N–H and O–H groups in total. The molecule has 0 spiro atoms. The van der Waals surface area contributed by atoms with Gasteiger partial charge in [-0.3, -0.25) is 0 Å². The van der Waals surface area contributed by atoms with Gasteiger partial charge >= 0.3 is 0 Å². The lowest BCUT2D eigenvalue weighted by molar-refractivity contribution is 0.471. The third-order valence-corrected chi connectivity index (χ3v) is 5.96. The number of allylic oxidation sites excluding steroid dienone is 2. The summed E-state index contributed by atoms with van der Waals surface area (Å²) in [4.78, 5) is 0. The number of rotatable bonds is 8. The molecule has 1 aliphatic rings. The molecule has 0 radical (unpaired) electrons. The Morgan fingerprint density at radius 1 is 0.769 bits per heavy atom. The molecule has 0 heterocycles. The van der Waals surface area contributed by atoms with E-state index in [0.29, 0.717) is 0 Å². The highest BCUT2D eigenvalue weighted by Gasteiger charge is 2.13. The second-order valence-electron chi connectivity index (χ2n) is 7.86. The third kappa shape index (κ3) is 5.10. The molecule has 138 valence electrons. The van der Waals surface area contributed by atoms with Gasteiger partial charge in [0.1, 0.15) is 0 Å². The summed E-state index contributed by atoms with van der Waals surface area (Å²) in [5, 5.41) is 0. The summed E-state index contributed by atoms with van der Waals surface area (Å²) < 4.78 is 0. The Morgan fingerprint density at radius 3 is 2.00 bits per heavy atom. The van der Waals surface area contributed by atoms with Gasteiger partial charge in [-0.1, -0.05) is 94.1 Å². The maximum absolute atomic E-state index is 2.47. The number of aryl methyl sites for hydroxylation is 1. The molecular formula is C26H34. The maximum atomic E-state index is 2.47. The Morgan fingerprint density at radius 2 is 1.42 bits per heavy atom. The molecule has 0 saturated carbocycles. The van der Waals surface area contributed by atoms with Crippen LogP contribution in [0, 0.1) is 5.92 Å². The van der Waals surface area contributed by atoms with Gasteiger partial charge < -0.3 is 0 Å². The van der Waals surface area contributed by atoms with Gasteiger partial charge in [0.15, 0.2) is 0 Å². The van der Waals surface area contributed by atoms with Crippen LogP contribution in [-0.2, 0) is 6.42 Å². The minimum atomic E-state index is 0.901. The zero-order valence-corrected chi connectivity index (χ0v) is 16.6. The van der Waals surface area contributed by atoms with E-state index in [9.17, 15) is 0 Å². The first-order chi connectivity index (χ1) is 12.8. The molecule has 0 bridgehead atoms. The number of unbranched alkanes of at least 4 members (excludes halogenated alkanes) is 3. The van der Waals surface area contributed by atoms with Gasteiger partial charge in [-0.05, 0) is 65.8 Å². The van der Waals surface area contributed by atoms with Crippen molar-refractivity contribution >= 4 is 5.57 Å². The normalized spacial score (nSPS) is 17.2. The maximum Gasteiger partial charge on any atom is -0.0184 e. The molecule has 0 aromatic heterocycles. The molecule has 3 rings (SSSR count). The summed E-state index contributed by atoms with van der Waals surface area (Å²) >= 11 is 0. The fourth-order valence-electron chi connectivity index (χ4n) is 4.02. The van der Waals surface area contributed by atoms with Crippen LogP contribution in [0.5, 0.6) is 0 Å². The minimum Gasteiger partial charge on any atom is -0.0804 e. The van der Waals surface area contributed by atoms with Crippen LogP contribution in [0.25, 0.3) is 16.7 Å². The van der Waals surface area contributed by atoms with Crippen molar-refractivity contribution in [3.8, 4) is 11.1 Å². The smallest absolute Gasteiger partial charge is 0.0184 e. The monoisotopic (exact) mass is 346 g/mol. The van der Waals surface area contributed by atoms with E-state index in [1.807, 2.05) is 0 Å². The van der Waals surface area contributed by atoms with Gasteiger partial charge in [-0.25, -0.2) is 0 Å². The Bertz CT molecular complexity index is 688. The third-order valence-electron chi connectivity index (χ3n) is 5.96. The molecule has 1 atom stereocenters. The number of benzene rings is 2. The summed E-state index contributed by atoms with van der Waals surface area (Å²) in [6, 6.07) is 18.4. The first kappa shape index (κ1) is 19.0. The number of hydrogen-bond acceptors (Lipinski definition) is 0. The van der Waals surface area contributed by atoms with Crippen LogP contribution in [0.4, 0.5) is 0 Å². The van der Waals surface area contributed by atoms with Crippen molar-refractivity contribution in [1.29, 1.82) is 0 Å². The molecule has 0 fully saturated rings. The van der Waals surface area contributed by atoms with E-state index in [0.717, 1.165) is 5.92 Å². The van der Waals surface area contributed by atoms with Crippen molar-refractivity contribution < 1.29 is 0 Å². The zero-order valence-electron chi connectivity index (χ0n) is 16.6. The molecule has 2 aromatic rings. The lowest BCUT2D eigenvalue weighted by Gasteiger charge is -2.20. The van der Waals surface area contributed by atoms with Crippen LogP contribution in [0.2, 0.25) is 0 Å². The lowest BCUT2D eigenvalue weighted by Crippen LogP contribution is -2.03. The van der Waals surface area contributed by atoms with E-state index in [4.69, 9.17) is 0 Å². The second-order valence-corrected chi connectivity index (χ2v) is 7.86. The van der Waals surface area contributed by atoms with Crippen molar-refractivity contribution in [1.82, 2.24) is 0 Å². The molecule has 0 heteroatoms. The van der Waals surface area contributed by atoms with Crippen LogP contribution in [0.3, 0.4) is 0 Å². The van der Waals surface area contributed by atoms with Crippen LogP contribution in [-0.4, -0.2) is 0 Å². The van der Waals surface area contributed by atoms with E-state index < -0.39 is 0 Å². The van der Waals surface area contributed by atoms with Crippen LogP contribution < -0.4 is 0 Å². The van der Waals surface area contributed by atoms with Gasteiger partial charge in [0, 0.05) is 0 Å². The molecule has 0 amide bonds. The fraction of sp³-hybridized carbons (Fsp3) is 0.462. The molecule has 0 nitrogen and oxygen atoms in total. The zero-order chi connectivity index (χ0) is 18.2. The Balaban J connectivity index is 1.61. The van der Waals surface area contributed by atoms with E-state index in [1.54, 1.807) is 5.57 Å². The van der Waals surface area contributed by atoms with Crippen LogP contribution in [0.15, 0.2) is 54.6 Å². The Labute approximate surface area is 160 Å². The second kappa shape index (κ2) is 9.76. The summed E-state index contributed by atoms with van der Waals surface area (Å²) in [5.74, 6) is 0.901. The van der Waals surface area contributed by atoms with Crippen LogP contribution in [0.1, 0.15) is 76.3 Å². The number of hydrogen-bond donors (Lipinski definition) is 0. The molecule has 26 heavy (non-hydrogen) atoms. The molecule has 0 saturated heterocycles. The Kier molecular flexibility index (Phi) is 7.12. The average Bonchev–Trinajstić information content (AvgIpc) is 2.72. The van der Waals surface area contributed by atoms with Crippen molar-refractivity contribution in [2.75, 3.05) is 0 Å². The quantitative estimate of drug-likeness (QED) is 0.424. The van der Waals surface area contributed by atoms with Gasteiger partial charge in [-0.15, -0.1) is 0 Å². The molecule has 0 aliphatic heterocycles. The van der Waals surface area contributed by atoms with Crippen molar-refractivity contribution in [3.05, 3.63) is 65.7 Å². The summed E-state index contributed by atoms with van der Waals surface area (Å²) in [6.45, 7) is 4.58.